The van der Waals surface area contributed by atoms with E-state index in [0.717, 1.165) is 25.7 Å². The SMILES string of the molecule is CN(C)C1(CNS(=O)(=O)c2cc(CO)n(C)c2)CCCC1. The maximum atomic E-state index is 12.4. The summed E-state index contributed by atoms with van der Waals surface area (Å²) in [5.41, 5.74) is 0.500. The van der Waals surface area contributed by atoms with Crippen molar-refractivity contribution in [2.45, 2.75) is 42.7 Å². The number of hydrogen-bond donors (Lipinski definition) is 2. The van der Waals surface area contributed by atoms with Crippen LogP contribution in [0, 0.1) is 0 Å². The van der Waals surface area contributed by atoms with Gasteiger partial charge in [-0.15, -0.1) is 0 Å². The van der Waals surface area contributed by atoms with E-state index in [4.69, 9.17) is 0 Å². The van der Waals surface area contributed by atoms with E-state index in [1.165, 1.54) is 12.3 Å². The van der Waals surface area contributed by atoms with Crippen LogP contribution in [0.5, 0.6) is 0 Å². The van der Waals surface area contributed by atoms with Crippen molar-refractivity contribution in [3.05, 3.63) is 18.0 Å². The van der Waals surface area contributed by atoms with Gasteiger partial charge in [0.05, 0.1) is 11.5 Å². The third-order valence-corrected chi connectivity index (χ3v) is 6.00. The Morgan fingerprint density at radius 3 is 2.48 bits per heavy atom. The van der Waals surface area contributed by atoms with E-state index in [-0.39, 0.29) is 17.0 Å². The van der Waals surface area contributed by atoms with Gasteiger partial charge in [-0.25, -0.2) is 13.1 Å². The van der Waals surface area contributed by atoms with Gasteiger partial charge in [-0.1, -0.05) is 12.8 Å². The fourth-order valence-electron chi connectivity index (χ4n) is 3.01. The van der Waals surface area contributed by atoms with Crippen LogP contribution in [0.4, 0.5) is 0 Å². The van der Waals surface area contributed by atoms with Crippen LogP contribution in [0.25, 0.3) is 0 Å². The smallest absolute Gasteiger partial charge is 0.242 e. The number of aliphatic hydroxyl groups is 1. The Labute approximate surface area is 126 Å². The lowest BCUT2D eigenvalue weighted by Crippen LogP contribution is -2.50. The minimum atomic E-state index is -3.54. The quantitative estimate of drug-likeness (QED) is 0.809. The summed E-state index contributed by atoms with van der Waals surface area (Å²) in [7, 11) is 2.20. The maximum absolute atomic E-state index is 12.4. The summed E-state index contributed by atoms with van der Waals surface area (Å²) in [6.45, 7) is 0.249. The zero-order chi connectivity index (χ0) is 15.7. The molecule has 0 spiro atoms. The van der Waals surface area contributed by atoms with Crippen LogP contribution in [0.15, 0.2) is 17.2 Å². The number of nitrogens with one attached hydrogen (secondary N) is 1. The molecule has 0 bridgehead atoms. The predicted molar refractivity (Wildman–Crippen MR) is 81.4 cm³/mol. The highest BCUT2D eigenvalue weighted by Gasteiger charge is 2.37. The molecule has 120 valence electrons. The molecule has 7 heteroatoms. The summed E-state index contributed by atoms with van der Waals surface area (Å²) < 4.78 is 29.2. The lowest BCUT2D eigenvalue weighted by molar-refractivity contribution is 0.162. The lowest BCUT2D eigenvalue weighted by atomic mass is 9.97. The minimum absolute atomic E-state index is 0.0817. The average molecular weight is 315 g/mol. The van der Waals surface area contributed by atoms with E-state index >= 15 is 0 Å². The molecule has 2 N–H and O–H groups in total. The molecule has 1 aliphatic carbocycles. The maximum Gasteiger partial charge on any atom is 0.242 e. The van der Waals surface area contributed by atoms with Gasteiger partial charge in [0.1, 0.15) is 0 Å². The summed E-state index contributed by atoms with van der Waals surface area (Å²) in [6.07, 6.45) is 5.84. The monoisotopic (exact) mass is 315 g/mol. The second kappa shape index (κ2) is 6.08. The van der Waals surface area contributed by atoms with Gasteiger partial charge in [0.15, 0.2) is 0 Å². The van der Waals surface area contributed by atoms with E-state index in [2.05, 4.69) is 9.62 Å². The van der Waals surface area contributed by atoms with Gasteiger partial charge in [-0.3, -0.25) is 0 Å². The number of likely N-dealkylation sites (N-methyl/N-ethyl adjacent to an activating group) is 1. The Balaban J connectivity index is 2.13. The van der Waals surface area contributed by atoms with Crippen LogP contribution >= 0.6 is 0 Å². The van der Waals surface area contributed by atoms with Crippen molar-refractivity contribution in [2.24, 2.45) is 7.05 Å². The molecule has 0 amide bonds. The number of nitrogens with zero attached hydrogens (tertiary/aromatic N) is 2. The molecule has 1 aliphatic rings. The van der Waals surface area contributed by atoms with Crippen molar-refractivity contribution < 1.29 is 13.5 Å². The molecule has 0 aliphatic heterocycles. The van der Waals surface area contributed by atoms with Gasteiger partial charge in [-0.05, 0) is 33.0 Å². The van der Waals surface area contributed by atoms with E-state index in [1.54, 1.807) is 11.6 Å². The van der Waals surface area contributed by atoms with Gasteiger partial charge >= 0.3 is 0 Å². The number of aromatic nitrogens is 1. The minimum Gasteiger partial charge on any atom is -0.390 e. The summed E-state index contributed by atoms with van der Waals surface area (Å²) in [4.78, 5) is 2.34. The molecular weight excluding hydrogens is 290 g/mol. The van der Waals surface area contributed by atoms with Crippen LogP contribution in [-0.4, -0.2) is 49.2 Å². The first kappa shape index (κ1) is 16.5. The third-order valence-electron chi connectivity index (χ3n) is 4.63. The molecule has 21 heavy (non-hydrogen) atoms. The molecule has 1 aromatic heterocycles. The Bertz CT molecular complexity index is 587. The van der Waals surface area contributed by atoms with E-state index in [9.17, 15) is 13.5 Å². The molecule has 0 unspecified atom stereocenters. The van der Waals surface area contributed by atoms with Crippen molar-refractivity contribution in [2.75, 3.05) is 20.6 Å². The highest BCUT2D eigenvalue weighted by molar-refractivity contribution is 7.89. The Morgan fingerprint density at radius 2 is 2.00 bits per heavy atom. The molecule has 1 saturated carbocycles. The first-order chi connectivity index (χ1) is 9.81. The zero-order valence-corrected chi connectivity index (χ0v) is 13.8. The fraction of sp³-hybridized carbons (Fsp3) is 0.714. The Hall–Kier alpha value is -0.890. The summed E-state index contributed by atoms with van der Waals surface area (Å²) in [6, 6.07) is 1.51. The molecule has 0 aromatic carbocycles. The Kier molecular flexibility index (Phi) is 4.77. The molecule has 2 rings (SSSR count). The standard InChI is InChI=1S/C14H25N3O3S/c1-16(2)14(6-4-5-7-14)11-15-21(19,20)13-8-12(10-18)17(3)9-13/h8-9,15,18H,4-7,10-11H2,1-3H3. The number of aryl methyl sites for hydroxylation is 1. The van der Waals surface area contributed by atoms with Crippen LogP contribution in [-0.2, 0) is 23.7 Å². The topological polar surface area (TPSA) is 74.6 Å². The molecule has 6 nitrogen and oxygen atoms in total. The van der Waals surface area contributed by atoms with Crippen LogP contribution < -0.4 is 4.72 Å². The summed E-state index contributed by atoms with van der Waals surface area (Å²) in [5, 5.41) is 9.17. The largest absolute Gasteiger partial charge is 0.390 e. The first-order valence-electron chi connectivity index (χ1n) is 7.24. The second-order valence-corrected chi connectivity index (χ2v) is 7.85. The molecule has 0 atom stereocenters. The van der Waals surface area contributed by atoms with Gasteiger partial charge in [0, 0.05) is 31.0 Å². The van der Waals surface area contributed by atoms with Gasteiger partial charge in [0.2, 0.25) is 10.0 Å². The van der Waals surface area contributed by atoms with Crippen LogP contribution in [0.2, 0.25) is 0 Å². The van der Waals surface area contributed by atoms with E-state index in [0.29, 0.717) is 12.2 Å². The van der Waals surface area contributed by atoms with Crippen LogP contribution in [0.3, 0.4) is 0 Å². The molecule has 0 radical (unpaired) electrons. The van der Waals surface area contributed by atoms with E-state index < -0.39 is 10.0 Å². The number of sulfonamides is 1. The summed E-state index contributed by atoms with van der Waals surface area (Å²) in [5.74, 6) is 0. The zero-order valence-electron chi connectivity index (χ0n) is 13.0. The van der Waals surface area contributed by atoms with Crippen molar-refractivity contribution in [1.82, 2.24) is 14.2 Å². The third kappa shape index (κ3) is 3.31. The second-order valence-electron chi connectivity index (χ2n) is 6.09. The Morgan fingerprint density at radius 1 is 1.38 bits per heavy atom. The van der Waals surface area contributed by atoms with E-state index in [1.807, 2.05) is 14.1 Å². The van der Waals surface area contributed by atoms with Crippen molar-refractivity contribution in [3.63, 3.8) is 0 Å². The molecule has 0 saturated heterocycles. The van der Waals surface area contributed by atoms with Crippen molar-refractivity contribution >= 4 is 10.0 Å². The highest BCUT2D eigenvalue weighted by atomic mass is 32.2. The van der Waals surface area contributed by atoms with Gasteiger partial charge in [-0.2, -0.15) is 0 Å². The molecular formula is C14H25N3O3S. The fourth-order valence-corrected chi connectivity index (χ4v) is 4.22. The number of rotatable bonds is 6. The summed E-state index contributed by atoms with van der Waals surface area (Å²) >= 11 is 0. The number of hydrogen-bond acceptors (Lipinski definition) is 4. The highest BCUT2D eigenvalue weighted by Crippen LogP contribution is 2.33. The normalized spacial score (nSPS) is 18.5. The molecule has 1 aromatic rings. The van der Waals surface area contributed by atoms with Crippen molar-refractivity contribution in [3.8, 4) is 0 Å². The van der Waals surface area contributed by atoms with Gasteiger partial charge in [0.25, 0.3) is 0 Å². The van der Waals surface area contributed by atoms with Crippen LogP contribution in [0.1, 0.15) is 31.4 Å². The lowest BCUT2D eigenvalue weighted by Gasteiger charge is -2.36. The number of aliphatic hydroxyl groups excluding tert-OH is 1. The molecule has 1 heterocycles. The van der Waals surface area contributed by atoms with Crippen molar-refractivity contribution in [1.29, 1.82) is 0 Å². The first-order valence-corrected chi connectivity index (χ1v) is 8.72. The van der Waals surface area contributed by atoms with Gasteiger partial charge < -0.3 is 14.6 Å². The average Bonchev–Trinajstić information content (AvgIpc) is 3.04. The molecule has 1 fully saturated rings. The predicted octanol–water partition coefficient (Wildman–Crippen LogP) is 0.670.